The summed E-state index contributed by atoms with van der Waals surface area (Å²) in [6, 6.07) is 12.1. The third-order valence-electron chi connectivity index (χ3n) is 5.07. The summed E-state index contributed by atoms with van der Waals surface area (Å²) in [5.74, 6) is 0.748. The van der Waals surface area contributed by atoms with Crippen LogP contribution in [0, 0.1) is 0 Å². The van der Waals surface area contributed by atoms with Gasteiger partial charge in [-0.2, -0.15) is 14.7 Å². The van der Waals surface area contributed by atoms with Crippen molar-refractivity contribution in [2.24, 2.45) is 12.2 Å². The van der Waals surface area contributed by atoms with Crippen LogP contribution in [0.4, 0.5) is 0 Å². The molecule has 0 atom stereocenters. The zero-order valence-corrected chi connectivity index (χ0v) is 17.4. The molecule has 0 saturated carbocycles. The predicted molar refractivity (Wildman–Crippen MR) is 117 cm³/mol. The van der Waals surface area contributed by atoms with Crippen molar-refractivity contribution in [3.05, 3.63) is 72.1 Å². The maximum atomic E-state index is 4.86. The van der Waals surface area contributed by atoms with E-state index in [1.54, 1.807) is 9.20 Å². The fraction of sp³-hybridized carbons (Fsp3) is 0.182. The molecule has 31 heavy (non-hydrogen) atoms. The number of fused-ring (bicyclic) bond motifs is 2. The van der Waals surface area contributed by atoms with Gasteiger partial charge in [0.1, 0.15) is 18.5 Å². The van der Waals surface area contributed by atoms with Crippen molar-refractivity contribution < 1.29 is 4.84 Å². The van der Waals surface area contributed by atoms with Gasteiger partial charge < -0.3 is 4.84 Å². The monoisotopic (exact) mass is 412 g/mol. The Kier molecular flexibility index (Phi) is 4.62. The number of hydrogen-bond acceptors (Lipinski definition) is 7. The summed E-state index contributed by atoms with van der Waals surface area (Å²) < 4.78 is 3.53. The summed E-state index contributed by atoms with van der Waals surface area (Å²) in [6.45, 7) is 1.85. The van der Waals surface area contributed by atoms with Gasteiger partial charge in [-0.05, 0) is 42.8 Å². The molecule has 4 aromatic heterocycles. The number of nitrogens with zero attached hydrogens (tertiary/aromatic N) is 8. The van der Waals surface area contributed by atoms with Crippen molar-refractivity contribution in [1.29, 1.82) is 0 Å². The van der Waals surface area contributed by atoms with Gasteiger partial charge in [0.25, 0.3) is 0 Å². The molecule has 0 saturated heterocycles. The lowest BCUT2D eigenvalue weighted by Crippen LogP contribution is -2.06. The number of rotatable bonds is 5. The molecule has 5 aromatic rings. The SMILES string of the molecule is CO/N=C(\C)c1ccc2nnc(Cc3ccc4ncc(-c5cnn(C)c5)cc4c3)n2n1. The minimum absolute atomic E-state index is 0.588. The van der Waals surface area contributed by atoms with Gasteiger partial charge in [0, 0.05) is 42.4 Å². The first-order valence-electron chi connectivity index (χ1n) is 9.78. The van der Waals surface area contributed by atoms with Crippen LogP contribution in [-0.4, -0.2) is 47.4 Å². The first-order valence-corrected chi connectivity index (χ1v) is 9.78. The number of benzene rings is 1. The smallest absolute Gasteiger partial charge is 0.177 e. The zero-order valence-electron chi connectivity index (χ0n) is 17.4. The third kappa shape index (κ3) is 3.61. The highest BCUT2D eigenvalue weighted by molar-refractivity contribution is 5.96. The predicted octanol–water partition coefficient (Wildman–Crippen LogP) is 3.03. The average molecular weight is 412 g/mol. The number of hydrogen-bond donors (Lipinski definition) is 0. The van der Waals surface area contributed by atoms with Gasteiger partial charge in [-0.25, -0.2) is 0 Å². The van der Waals surface area contributed by atoms with E-state index in [1.165, 1.54) is 7.11 Å². The number of pyridine rings is 1. The quantitative estimate of drug-likeness (QED) is 0.325. The van der Waals surface area contributed by atoms with Crippen LogP contribution in [0.25, 0.3) is 27.7 Å². The van der Waals surface area contributed by atoms with Crippen molar-refractivity contribution in [3.63, 3.8) is 0 Å². The van der Waals surface area contributed by atoms with Crippen molar-refractivity contribution in [2.45, 2.75) is 13.3 Å². The number of aromatic nitrogens is 7. The van der Waals surface area contributed by atoms with E-state index in [0.29, 0.717) is 23.5 Å². The van der Waals surface area contributed by atoms with Crippen molar-refractivity contribution in [1.82, 2.24) is 34.6 Å². The van der Waals surface area contributed by atoms with E-state index < -0.39 is 0 Å². The Morgan fingerprint density at radius 2 is 1.97 bits per heavy atom. The van der Waals surface area contributed by atoms with E-state index >= 15 is 0 Å². The van der Waals surface area contributed by atoms with Crippen LogP contribution in [0.15, 0.2) is 60.1 Å². The van der Waals surface area contributed by atoms with E-state index in [4.69, 9.17) is 4.84 Å². The molecule has 154 valence electrons. The molecule has 0 amide bonds. The zero-order chi connectivity index (χ0) is 21.4. The highest BCUT2D eigenvalue weighted by Gasteiger charge is 2.11. The first kappa shape index (κ1) is 18.9. The molecule has 0 spiro atoms. The molecule has 1 aromatic carbocycles. The molecule has 0 aliphatic rings. The standard InChI is InChI=1S/C22H20N8O/c1-14(28-31-3)19-6-7-21-25-26-22(30(21)27-19)9-15-4-5-20-16(8-15)10-17(11-23-20)18-12-24-29(2)13-18/h4-8,10-13H,9H2,1-3H3/b28-14+. The molecular weight excluding hydrogens is 392 g/mol. The highest BCUT2D eigenvalue weighted by Crippen LogP contribution is 2.23. The lowest BCUT2D eigenvalue weighted by molar-refractivity contribution is 0.213. The fourth-order valence-corrected chi connectivity index (χ4v) is 3.52. The minimum Gasteiger partial charge on any atom is -0.399 e. The van der Waals surface area contributed by atoms with Crippen LogP contribution in [-0.2, 0) is 18.3 Å². The topological polar surface area (TPSA) is 95.4 Å². The van der Waals surface area contributed by atoms with Gasteiger partial charge in [-0.3, -0.25) is 9.67 Å². The molecule has 9 nitrogen and oxygen atoms in total. The minimum atomic E-state index is 0.588. The molecule has 5 rings (SSSR count). The van der Waals surface area contributed by atoms with Gasteiger partial charge in [0.05, 0.1) is 11.7 Å². The van der Waals surface area contributed by atoms with Crippen LogP contribution in [0.1, 0.15) is 24.0 Å². The highest BCUT2D eigenvalue weighted by atomic mass is 16.6. The summed E-state index contributed by atoms with van der Waals surface area (Å²) in [5, 5.41) is 22.5. The van der Waals surface area contributed by atoms with E-state index in [9.17, 15) is 0 Å². The van der Waals surface area contributed by atoms with E-state index in [1.807, 2.05) is 50.8 Å². The Balaban J connectivity index is 1.50. The molecule has 4 heterocycles. The molecule has 0 bridgehead atoms. The summed E-state index contributed by atoms with van der Waals surface area (Å²) >= 11 is 0. The molecule has 0 N–H and O–H groups in total. The van der Waals surface area contributed by atoms with E-state index in [-0.39, 0.29) is 0 Å². The molecule has 0 fully saturated rings. The lowest BCUT2D eigenvalue weighted by Gasteiger charge is -2.05. The molecule has 0 radical (unpaired) electrons. The van der Waals surface area contributed by atoms with E-state index in [0.717, 1.165) is 33.4 Å². The van der Waals surface area contributed by atoms with Crippen molar-refractivity contribution in [2.75, 3.05) is 7.11 Å². The van der Waals surface area contributed by atoms with Gasteiger partial charge in [0.2, 0.25) is 0 Å². The number of aryl methyl sites for hydroxylation is 1. The van der Waals surface area contributed by atoms with Crippen molar-refractivity contribution in [3.8, 4) is 11.1 Å². The maximum Gasteiger partial charge on any atom is 0.177 e. The molecule has 0 unspecified atom stereocenters. The largest absolute Gasteiger partial charge is 0.399 e. The van der Waals surface area contributed by atoms with Gasteiger partial charge in [-0.1, -0.05) is 11.2 Å². The van der Waals surface area contributed by atoms with Crippen LogP contribution in [0.3, 0.4) is 0 Å². The number of oxime groups is 1. The van der Waals surface area contributed by atoms with Crippen LogP contribution in [0.2, 0.25) is 0 Å². The summed E-state index contributed by atoms with van der Waals surface area (Å²) in [5.41, 5.74) is 6.18. The Hall–Kier alpha value is -4.14. The van der Waals surface area contributed by atoms with Gasteiger partial charge in [0.15, 0.2) is 11.5 Å². The fourth-order valence-electron chi connectivity index (χ4n) is 3.52. The molecule has 0 aliphatic heterocycles. The second kappa shape index (κ2) is 7.60. The molecular formula is C22H20N8O. The lowest BCUT2D eigenvalue weighted by atomic mass is 10.0. The van der Waals surface area contributed by atoms with Crippen LogP contribution < -0.4 is 0 Å². The van der Waals surface area contributed by atoms with Gasteiger partial charge >= 0.3 is 0 Å². The molecule has 9 heteroatoms. The van der Waals surface area contributed by atoms with Crippen LogP contribution >= 0.6 is 0 Å². The first-order chi connectivity index (χ1) is 15.1. The Bertz CT molecular complexity index is 1430. The summed E-state index contributed by atoms with van der Waals surface area (Å²) in [6.07, 6.45) is 6.28. The molecule has 0 aliphatic carbocycles. The second-order valence-corrected chi connectivity index (χ2v) is 7.29. The normalized spacial score (nSPS) is 12.0. The average Bonchev–Trinajstić information content (AvgIpc) is 3.39. The Morgan fingerprint density at radius 3 is 2.77 bits per heavy atom. The summed E-state index contributed by atoms with van der Waals surface area (Å²) in [7, 11) is 3.42. The Morgan fingerprint density at radius 1 is 1.06 bits per heavy atom. The van der Waals surface area contributed by atoms with Gasteiger partial charge in [-0.15, -0.1) is 10.2 Å². The third-order valence-corrected chi connectivity index (χ3v) is 5.07. The summed E-state index contributed by atoms with van der Waals surface area (Å²) in [4.78, 5) is 9.45. The van der Waals surface area contributed by atoms with E-state index in [2.05, 4.69) is 48.7 Å². The maximum absolute atomic E-state index is 4.86. The van der Waals surface area contributed by atoms with Crippen molar-refractivity contribution >= 4 is 22.3 Å². The van der Waals surface area contributed by atoms with Crippen LogP contribution in [0.5, 0.6) is 0 Å². The second-order valence-electron chi connectivity index (χ2n) is 7.29. The Labute approximate surface area is 178 Å².